The van der Waals surface area contributed by atoms with E-state index >= 15 is 0 Å². The van der Waals surface area contributed by atoms with Crippen molar-refractivity contribution in [3.05, 3.63) is 35.4 Å². The monoisotopic (exact) mass is 318 g/mol. The fraction of sp³-hybridized carbons (Fsp3) is 0.529. The first-order chi connectivity index (χ1) is 11.1. The quantitative estimate of drug-likeness (QED) is 0.792. The molecule has 1 aliphatic rings. The molecule has 0 radical (unpaired) electrons. The standard InChI is InChI=1S/C17H26N4O2/c1-18-17(23)15-5-3-14(4-6-15)13-20(2)10-7-16(22)21-11-8-19-9-12-21/h3-6,19H,7-13H2,1-2H3,(H,18,23). The Balaban J connectivity index is 1.76. The lowest BCUT2D eigenvalue weighted by Gasteiger charge is -2.28. The fourth-order valence-electron chi connectivity index (χ4n) is 2.66. The summed E-state index contributed by atoms with van der Waals surface area (Å²) in [5.74, 6) is 0.153. The Labute approximate surface area is 137 Å². The second kappa shape index (κ2) is 8.64. The molecule has 1 saturated heterocycles. The summed E-state index contributed by atoms with van der Waals surface area (Å²) in [5.41, 5.74) is 1.79. The molecule has 1 heterocycles. The molecule has 2 amide bonds. The van der Waals surface area contributed by atoms with Gasteiger partial charge in [-0.1, -0.05) is 12.1 Å². The van der Waals surface area contributed by atoms with Crippen LogP contribution in [0.4, 0.5) is 0 Å². The van der Waals surface area contributed by atoms with E-state index in [4.69, 9.17) is 0 Å². The van der Waals surface area contributed by atoms with Gasteiger partial charge in [0.25, 0.3) is 5.91 Å². The maximum atomic E-state index is 12.1. The predicted octanol–water partition coefficient (Wildman–Crippen LogP) is 0.300. The molecule has 23 heavy (non-hydrogen) atoms. The van der Waals surface area contributed by atoms with Gasteiger partial charge in [0.15, 0.2) is 0 Å². The summed E-state index contributed by atoms with van der Waals surface area (Å²) in [6.07, 6.45) is 0.548. The maximum absolute atomic E-state index is 12.1. The summed E-state index contributed by atoms with van der Waals surface area (Å²) >= 11 is 0. The van der Waals surface area contributed by atoms with Crippen LogP contribution >= 0.6 is 0 Å². The normalized spacial score (nSPS) is 14.8. The highest BCUT2D eigenvalue weighted by atomic mass is 16.2. The third-order valence-corrected chi connectivity index (χ3v) is 4.07. The molecular weight excluding hydrogens is 292 g/mol. The summed E-state index contributed by atoms with van der Waals surface area (Å²) in [6, 6.07) is 7.57. The Morgan fingerprint density at radius 1 is 1.22 bits per heavy atom. The van der Waals surface area contributed by atoms with E-state index in [1.54, 1.807) is 7.05 Å². The number of carbonyl (C=O) groups is 2. The summed E-state index contributed by atoms with van der Waals surface area (Å²) in [4.78, 5) is 27.7. The third-order valence-electron chi connectivity index (χ3n) is 4.07. The minimum atomic E-state index is -0.0773. The summed E-state index contributed by atoms with van der Waals surface area (Å²) in [5, 5.41) is 5.86. The van der Waals surface area contributed by atoms with Crippen molar-refractivity contribution in [1.29, 1.82) is 0 Å². The molecule has 6 nitrogen and oxygen atoms in total. The van der Waals surface area contributed by atoms with Gasteiger partial charge in [0.05, 0.1) is 0 Å². The van der Waals surface area contributed by atoms with Gasteiger partial charge in [-0.25, -0.2) is 0 Å². The first kappa shape index (κ1) is 17.4. The molecule has 1 fully saturated rings. The molecule has 1 aromatic carbocycles. The van der Waals surface area contributed by atoms with Gasteiger partial charge in [-0.15, -0.1) is 0 Å². The van der Waals surface area contributed by atoms with Gasteiger partial charge >= 0.3 is 0 Å². The molecule has 0 atom stereocenters. The number of amides is 2. The van der Waals surface area contributed by atoms with E-state index in [9.17, 15) is 9.59 Å². The van der Waals surface area contributed by atoms with Crippen LogP contribution in [0.5, 0.6) is 0 Å². The Hall–Kier alpha value is -1.92. The van der Waals surface area contributed by atoms with Gasteiger partial charge in [-0.2, -0.15) is 0 Å². The van der Waals surface area contributed by atoms with Gasteiger partial charge in [-0.05, 0) is 24.7 Å². The van der Waals surface area contributed by atoms with Crippen LogP contribution in [-0.4, -0.2) is 68.4 Å². The molecular formula is C17H26N4O2. The zero-order valence-electron chi connectivity index (χ0n) is 14.0. The summed E-state index contributed by atoms with van der Waals surface area (Å²) < 4.78 is 0. The average molecular weight is 318 g/mol. The highest BCUT2D eigenvalue weighted by molar-refractivity contribution is 5.93. The SMILES string of the molecule is CNC(=O)c1ccc(CN(C)CCC(=O)N2CCNCC2)cc1. The van der Waals surface area contributed by atoms with E-state index in [-0.39, 0.29) is 11.8 Å². The van der Waals surface area contributed by atoms with E-state index in [0.29, 0.717) is 12.0 Å². The van der Waals surface area contributed by atoms with Crippen molar-refractivity contribution in [3.63, 3.8) is 0 Å². The van der Waals surface area contributed by atoms with Crippen LogP contribution in [0.25, 0.3) is 0 Å². The van der Waals surface area contributed by atoms with Crippen LogP contribution in [0.1, 0.15) is 22.3 Å². The molecule has 0 saturated carbocycles. The predicted molar refractivity (Wildman–Crippen MR) is 90.2 cm³/mol. The number of piperazine rings is 1. The Morgan fingerprint density at radius 2 is 1.87 bits per heavy atom. The molecule has 1 aromatic rings. The van der Waals surface area contributed by atoms with Crippen LogP contribution in [0.15, 0.2) is 24.3 Å². The number of nitrogens with zero attached hydrogens (tertiary/aromatic N) is 2. The van der Waals surface area contributed by atoms with Crippen LogP contribution in [0.2, 0.25) is 0 Å². The maximum Gasteiger partial charge on any atom is 0.251 e. The number of hydrogen-bond donors (Lipinski definition) is 2. The lowest BCUT2D eigenvalue weighted by Crippen LogP contribution is -2.47. The second-order valence-corrected chi connectivity index (χ2v) is 5.89. The zero-order chi connectivity index (χ0) is 16.7. The number of carbonyl (C=O) groups excluding carboxylic acids is 2. The van der Waals surface area contributed by atoms with Crippen molar-refractivity contribution in [1.82, 2.24) is 20.4 Å². The molecule has 1 aliphatic heterocycles. The fourth-order valence-corrected chi connectivity index (χ4v) is 2.66. The Morgan fingerprint density at radius 3 is 2.48 bits per heavy atom. The van der Waals surface area contributed by atoms with E-state index in [1.807, 2.05) is 36.2 Å². The molecule has 2 N–H and O–H groups in total. The molecule has 0 unspecified atom stereocenters. The molecule has 2 rings (SSSR count). The highest BCUT2D eigenvalue weighted by Gasteiger charge is 2.16. The smallest absolute Gasteiger partial charge is 0.251 e. The van der Waals surface area contributed by atoms with Gasteiger partial charge in [0, 0.05) is 58.3 Å². The molecule has 0 bridgehead atoms. The first-order valence-corrected chi connectivity index (χ1v) is 8.08. The van der Waals surface area contributed by atoms with Gasteiger partial charge in [0.1, 0.15) is 0 Å². The summed E-state index contributed by atoms with van der Waals surface area (Å²) in [7, 11) is 3.64. The molecule has 126 valence electrons. The molecule has 0 spiro atoms. The van der Waals surface area contributed by atoms with E-state index in [0.717, 1.165) is 44.8 Å². The molecule has 6 heteroatoms. The highest BCUT2D eigenvalue weighted by Crippen LogP contribution is 2.08. The van der Waals surface area contributed by atoms with Crippen LogP contribution in [0.3, 0.4) is 0 Å². The summed E-state index contributed by atoms with van der Waals surface area (Å²) in [6.45, 7) is 4.90. The van der Waals surface area contributed by atoms with E-state index in [2.05, 4.69) is 15.5 Å². The Kier molecular flexibility index (Phi) is 6.55. The van der Waals surface area contributed by atoms with Crippen LogP contribution in [-0.2, 0) is 11.3 Å². The van der Waals surface area contributed by atoms with Crippen molar-refractivity contribution in [3.8, 4) is 0 Å². The lowest BCUT2D eigenvalue weighted by atomic mass is 10.1. The minimum Gasteiger partial charge on any atom is -0.355 e. The van der Waals surface area contributed by atoms with Crippen molar-refractivity contribution >= 4 is 11.8 Å². The average Bonchev–Trinajstić information content (AvgIpc) is 2.60. The van der Waals surface area contributed by atoms with Crippen LogP contribution in [0, 0.1) is 0 Å². The minimum absolute atomic E-state index is 0.0773. The van der Waals surface area contributed by atoms with Crippen molar-refractivity contribution in [2.24, 2.45) is 0 Å². The van der Waals surface area contributed by atoms with E-state index < -0.39 is 0 Å². The number of hydrogen-bond acceptors (Lipinski definition) is 4. The van der Waals surface area contributed by atoms with Gasteiger partial charge in [0.2, 0.25) is 5.91 Å². The number of benzene rings is 1. The molecule has 0 aromatic heterocycles. The first-order valence-electron chi connectivity index (χ1n) is 8.08. The number of nitrogens with one attached hydrogen (secondary N) is 2. The van der Waals surface area contributed by atoms with E-state index in [1.165, 1.54) is 0 Å². The Bertz CT molecular complexity index is 524. The number of rotatable bonds is 6. The molecule has 0 aliphatic carbocycles. The van der Waals surface area contributed by atoms with Crippen molar-refractivity contribution in [2.45, 2.75) is 13.0 Å². The van der Waals surface area contributed by atoms with Crippen LogP contribution < -0.4 is 10.6 Å². The van der Waals surface area contributed by atoms with Gasteiger partial charge < -0.3 is 20.4 Å². The third kappa shape index (κ3) is 5.33. The lowest BCUT2D eigenvalue weighted by molar-refractivity contribution is -0.132. The second-order valence-electron chi connectivity index (χ2n) is 5.89. The van der Waals surface area contributed by atoms with Crippen molar-refractivity contribution in [2.75, 3.05) is 46.8 Å². The van der Waals surface area contributed by atoms with Gasteiger partial charge in [-0.3, -0.25) is 9.59 Å². The topological polar surface area (TPSA) is 64.7 Å². The zero-order valence-corrected chi connectivity index (χ0v) is 14.0. The largest absolute Gasteiger partial charge is 0.355 e. The van der Waals surface area contributed by atoms with Crippen molar-refractivity contribution < 1.29 is 9.59 Å².